The van der Waals surface area contributed by atoms with Crippen LogP contribution < -0.4 is 4.46 Å². The van der Waals surface area contributed by atoms with Crippen LogP contribution in [-0.2, 0) is 4.74 Å². The van der Waals surface area contributed by atoms with Crippen LogP contribution in [-0.4, -0.2) is 28.2 Å². The van der Waals surface area contributed by atoms with Gasteiger partial charge in [0, 0.05) is 0 Å². The van der Waals surface area contributed by atoms with E-state index in [4.69, 9.17) is 4.74 Å². The minimum absolute atomic E-state index is 0.227. The zero-order valence-corrected chi connectivity index (χ0v) is 14.5. The summed E-state index contributed by atoms with van der Waals surface area (Å²) in [6, 6.07) is 21.3. The van der Waals surface area contributed by atoms with Crippen molar-refractivity contribution in [3.63, 3.8) is 0 Å². The zero-order valence-electron chi connectivity index (χ0n) is 12.8. The zero-order chi connectivity index (χ0) is 15.1. The van der Waals surface area contributed by atoms with Crippen LogP contribution in [0.5, 0.6) is 0 Å². The van der Waals surface area contributed by atoms with Crippen LogP contribution in [0.3, 0.4) is 0 Å². The molecule has 0 amide bonds. The standard InChI is InChI=1S/C19H22OSe/c1-15(16(2)20-3)19(14-17-10-6-4-7-11-17)21-18-12-8-5-9-13-18/h4-16H,1-3H3/b19-14-/t15-,16+/m1/s1. The van der Waals surface area contributed by atoms with Gasteiger partial charge in [0.2, 0.25) is 0 Å². The van der Waals surface area contributed by atoms with E-state index in [1.165, 1.54) is 14.5 Å². The van der Waals surface area contributed by atoms with Crippen molar-refractivity contribution in [1.82, 2.24) is 0 Å². The number of rotatable bonds is 6. The molecule has 0 aromatic heterocycles. The molecule has 2 heteroatoms. The van der Waals surface area contributed by atoms with Crippen LogP contribution >= 0.6 is 0 Å². The molecule has 0 unspecified atom stereocenters. The number of ether oxygens (including phenoxy) is 1. The van der Waals surface area contributed by atoms with Crippen molar-refractivity contribution >= 4 is 25.5 Å². The molecule has 2 rings (SSSR count). The van der Waals surface area contributed by atoms with E-state index in [2.05, 4.69) is 80.6 Å². The van der Waals surface area contributed by atoms with Gasteiger partial charge >= 0.3 is 134 Å². The van der Waals surface area contributed by atoms with Gasteiger partial charge in [0.1, 0.15) is 0 Å². The second-order valence-corrected chi connectivity index (χ2v) is 7.51. The Morgan fingerprint density at radius 2 is 1.52 bits per heavy atom. The topological polar surface area (TPSA) is 9.23 Å². The average Bonchev–Trinajstić information content (AvgIpc) is 2.54. The van der Waals surface area contributed by atoms with Gasteiger partial charge in [-0.15, -0.1) is 0 Å². The summed E-state index contributed by atoms with van der Waals surface area (Å²) >= 11 is 0.323. The number of hydrogen-bond donors (Lipinski definition) is 0. The van der Waals surface area contributed by atoms with Gasteiger partial charge in [-0.05, 0) is 0 Å². The van der Waals surface area contributed by atoms with Crippen molar-refractivity contribution in [1.29, 1.82) is 0 Å². The Hall–Kier alpha value is -1.34. The molecule has 0 heterocycles. The van der Waals surface area contributed by atoms with Crippen molar-refractivity contribution in [2.75, 3.05) is 7.11 Å². The van der Waals surface area contributed by atoms with Gasteiger partial charge in [0.05, 0.1) is 0 Å². The quantitative estimate of drug-likeness (QED) is 0.725. The molecule has 0 N–H and O–H groups in total. The predicted octanol–water partition coefficient (Wildman–Crippen LogP) is 3.73. The van der Waals surface area contributed by atoms with Gasteiger partial charge < -0.3 is 0 Å². The van der Waals surface area contributed by atoms with Gasteiger partial charge in [-0.3, -0.25) is 0 Å². The normalized spacial score (nSPS) is 14.7. The van der Waals surface area contributed by atoms with Crippen molar-refractivity contribution < 1.29 is 4.74 Å². The van der Waals surface area contributed by atoms with Gasteiger partial charge in [0.25, 0.3) is 0 Å². The fourth-order valence-corrected chi connectivity index (χ4v) is 4.41. The first-order valence-corrected chi connectivity index (χ1v) is 8.94. The Labute approximate surface area is 134 Å². The predicted molar refractivity (Wildman–Crippen MR) is 91.9 cm³/mol. The molecule has 0 fully saturated rings. The van der Waals surface area contributed by atoms with E-state index in [9.17, 15) is 0 Å². The second kappa shape index (κ2) is 8.19. The van der Waals surface area contributed by atoms with Crippen molar-refractivity contribution in [2.45, 2.75) is 20.0 Å². The van der Waals surface area contributed by atoms with Crippen LogP contribution in [0.15, 0.2) is 65.1 Å². The van der Waals surface area contributed by atoms with Crippen molar-refractivity contribution in [2.24, 2.45) is 5.92 Å². The monoisotopic (exact) mass is 346 g/mol. The van der Waals surface area contributed by atoms with E-state index in [0.717, 1.165) is 0 Å². The molecule has 0 radical (unpaired) electrons. The van der Waals surface area contributed by atoms with Crippen LogP contribution in [0.2, 0.25) is 0 Å². The van der Waals surface area contributed by atoms with E-state index in [0.29, 0.717) is 20.9 Å². The first kappa shape index (κ1) is 16.0. The summed E-state index contributed by atoms with van der Waals surface area (Å²) in [4.78, 5) is 0. The SMILES string of the molecule is CO[C@@H](C)[C@@H](C)/C(=C/c1ccccc1)[Se]c1ccccc1. The third-order valence-electron chi connectivity index (χ3n) is 3.61. The molecular weight excluding hydrogens is 323 g/mol. The summed E-state index contributed by atoms with van der Waals surface area (Å²) in [7, 11) is 1.79. The fraction of sp³-hybridized carbons (Fsp3) is 0.263. The van der Waals surface area contributed by atoms with Gasteiger partial charge in [0.15, 0.2) is 0 Å². The molecule has 0 saturated heterocycles. The average molecular weight is 345 g/mol. The molecule has 0 aliphatic heterocycles. The number of methoxy groups -OCH3 is 1. The van der Waals surface area contributed by atoms with Gasteiger partial charge in [-0.1, -0.05) is 0 Å². The fourth-order valence-electron chi connectivity index (χ4n) is 2.03. The molecule has 1 nitrogen and oxygen atoms in total. The Morgan fingerprint density at radius 3 is 2.10 bits per heavy atom. The number of hydrogen-bond acceptors (Lipinski definition) is 1. The van der Waals surface area contributed by atoms with E-state index in [1.807, 2.05) is 0 Å². The molecule has 0 saturated carbocycles. The van der Waals surface area contributed by atoms with Gasteiger partial charge in [-0.25, -0.2) is 0 Å². The molecule has 0 aliphatic carbocycles. The Balaban J connectivity index is 2.28. The van der Waals surface area contributed by atoms with E-state index in [1.54, 1.807) is 7.11 Å². The van der Waals surface area contributed by atoms with E-state index >= 15 is 0 Å². The Bertz CT molecular complexity index is 563. The summed E-state index contributed by atoms with van der Waals surface area (Å²) in [5.41, 5.74) is 1.26. The molecule has 2 atom stereocenters. The van der Waals surface area contributed by atoms with Crippen molar-refractivity contribution in [3.8, 4) is 0 Å². The molecule has 2 aromatic rings. The van der Waals surface area contributed by atoms with E-state index in [-0.39, 0.29) is 6.10 Å². The minimum atomic E-state index is 0.227. The summed E-state index contributed by atoms with van der Waals surface area (Å²) in [5, 5.41) is 0. The summed E-state index contributed by atoms with van der Waals surface area (Å²) < 4.78 is 8.41. The molecule has 0 bridgehead atoms. The second-order valence-electron chi connectivity index (χ2n) is 5.10. The van der Waals surface area contributed by atoms with Crippen LogP contribution in [0.1, 0.15) is 19.4 Å². The van der Waals surface area contributed by atoms with Gasteiger partial charge in [-0.2, -0.15) is 0 Å². The maximum absolute atomic E-state index is 5.54. The van der Waals surface area contributed by atoms with Crippen molar-refractivity contribution in [3.05, 3.63) is 70.7 Å². The summed E-state index contributed by atoms with van der Waals surface area (Å²) in [5.74, 6) is 0.412. The van der Waals surface area contributed by atoms with Crippen LogP contribution in [0.25, 0.3) is 6.08 Å². The summed E-state index contributed by atoms with van der Waals surface area (Å²) in [6.07, 6.45) is 2.55. The molecule has 2 aromatic carbocycles. The first-order valence-electron chi connectivity index (χ1n) is 7.23. The molecule has 0 aliphatic rings. The Morgan fingerprint density at radius 1 is 0.952 bits per heavy atom. The molecule has 21 heavy (non-hydrogen) atoms. The summed E-state index contributed by atoms with van der Waals surface area (Å²) in [6.45, 7) is 4.40. The third-order valence-corrected chi connectivity index (χ3v) is 6.20. The van der Waals surface area contributed by atoms with Crippen LogP contribution in [0, 0.1) is 5.92 Å². The third kappa shape index (κ3) is 4.86. The molecular formula is C19H22OSe. The van der Waals surface area contributed by atoms with Crippen LogP contribution in [0.4, 0.5) is 0 Å². The van der Waals surface area contributed by atoms with E-state index < -0.39 is 0 Å². The molecule has 0 spiro atoms. The Kier molecular flexibility index (Phi) is 6.25. The first-order chi connectivity index (χ1) is 10.2. The number of benzene rings is 2. The molecule has 110 valence electrons. The maximum atomic E-state index is 5.54.